The highest BCUT2D eigenvalue weighted by atomic mass is 15.1. The van der Waals surface area contributed by atoms with Crippen molar-refractivity contribution in [1.82, 2.24) is 4.98 Å². The van der Waals surface area contributed by atoms with Crippen molar-refractivity contribution in [3.8, 4) is 0 Å². The lowest BCUT2D eigenvalue weighted by Gasteiger charge is -1.93. The molecule has 0 atom stereocenters. The van der Waals surface area contributed by atoms with Crippen LogP contribution in [0.2, 0.25) is 0 Å². The first-order valence-corrected chi connectivity index (χ1v) is 3.73. The first-order chi connectivity index (χ1) is 6.33. The van der Waals surface area contributed by atoms with Crippen LogP contribution in [0.4, 0.5) is 5.82 Å². The number of hydrogen-bond donors (Lipinski definition) is 1. The van der Waals surface area contributed by atoms with Crippen molar-refractivity contribution in [1.29, 1.82) is 0 Å². The molecule has 1 aromatic heterocycles. The number of pyridine rings is 1. The fourth-order valence-electron chi connectivity index (χ4n) is 0.819. The number of rotatable bonds is 3. The van der Waals surface area contributed by atoms with E-state index in [4.69, 9.17) is 11.3 Å². The molecule has 0 aliphatic rings. The summed E-state index contributed by atoms with van der Waals surface area (Å²) in [6.45, 7) is 0.326. The maximum Gasteiger partial charge on any atom is 0.124 e. The van der Waals surface area contributed by atoms with Crippen molar-refractivity contribution in [3.63, 3.8) is 0 Å². The molecular weight excluding hydrogens is 166 g/mol. The van der Waals surface area contributed by atoms with Gasteiger partial charge in [-0.25, -0.2) is 4.98 Å². The molecule has 0 bridgehead atoms. The topological polar surface area (TPSA) is 87.7 Å². The van der Waals surface area contributed by atoms with Crippen LogP contribution in [0.1, 0.15) is 5.69 Å². The normalized spacial score (nSPS) is 9.85. The highest BCUT2D eigenvalue weighted by molar-refractivity contribution is 5.47. The van der Waals surface area contributed by atoms with E-state index in [9.17, 15) is 0 Å². The van der Waals surface area contributed by atoms with Gasteiger partial charge in [-0.15, -0.1) is 0 Å². The van der Waals surface area contributed by atoms with Gasteiger partial charge in [-0.05, 0) is 23.7 Å². The summed E-state index contributed by atoms with van der Waals surface area (Å²) in [4.78, 5) is 6.64. The number of azide groups is 1. The molecule has 0 aromatic carbocycles. The summed E-state index contributed by atoms with van der Waals surface area (Å²) in [6, 6.07) is 5.35. The third-order valence-corrected chi connectivity index (χ3v) is 1.33. The van der Waals surface area contributed by atoms with Gasteiger partial charge in [-0.2, -0.15) is 0 Å². The SMILES string of the molecule is [N-]=[N+]=NCC=Cc1cccc(N)n1. The van der Waals surface area contributed by atoms with E-state index in [1.165, 1.54) is 0 Å². The molecule has 13 heavy (non-hydrogen) atoms. The first-order valence-electron chi connectivity index (χ1n) is 3.73. The van der Waals surface area contributed by atoms with Gasteiger partial charge >= 0.3 is 0 Å². The van der Waals surface area contributed by atoms with Gasteiger partial charge in [-0.1, -0.05) is 17.3 Å². The highest BCUT2D eigenvalue weighted by Gasteiger charge is 1.87. The zero-order chi connectivity index (χ0) is 9.52. The van der Waals surface area contributed by atoms with E-state index in [-0.39, 0.29) is 0 Å². The number of anilines is 1. The number of aromatic nitrogens is 1. The van der Waals surface area contributed by atoms with Crippen LogP contribution in [-0.4, -0.2) is 11.5 Å². The Hall–Kier alpha value is -2.00. The molecule has 2 N–H and O–H groups in total. The van der Waals surface area contributed by atoms with Crippen molar-refractivity contribution in [2.45, 2.75) is 0 Å². The molecule has 0 unspecified atom stereocenters. The summed E-state index contributed by atoms with van der Waals surface area (Å²) in [5, 5.41) is 3.34. The van der Waals surface area contributed by atoms with Crippen LogP contribution < -0.4 is 5.73 Å². The summed E-state index contributed by atoms with van der Waals surface area (Å²) < 4.78 is 0. The molecular formula is C8H9N5. The van der Waals surface area contributed by atoms with Crippen LogP contribution >= 0.6 is 0 Å². The Labute approximate surface area is 75.5 Å². The zero-order valence-corrected chi connectivity index (χ0v) is 6.96. The van der Waals surface area contributed by atoms with Crippen LogP contribution in [0, 0.1) is 0 Å². The minimum atomic E-state index is 0.326. The standard InChI is InChI=1S/C8H9N5/c9-8-5-1-3-7(12-8)4-2-6-11-13-10/h1-5H,6H2,(H2,9,12). The second-order valence-corrected chi connectivity index (χ2v) is 2.30. The van der Waals surface area contributed by atoms with Gasteiger partial charge < -0.3 is 5.73 Å². The molecule has 0 fully saturated rings. The molecule has 1 heterocycles. The van der Waals surface area contributed by atoms with E-state index in [1.54, 1.807) is 18.2 Å². The minimum Gasteiger partial charge on any atom is -0.384 e. The molecule has 0 radical (unpaired) electrons. The summed E-state index contributed by atoms with van der Waals surface area (Å²) in [6.07, 6.45) is 3.48. The van der Waals surface area contributed by atoms with Gasteiger partial charge in [0.25, 0.3) is 0 Å². The Bertz CT molecular complexity index is 351. The van der Waals surface area contributed by atoms with Gasteiger partial charge in [0.1, 0.15) is 5.82 Å². The molecule has 5 heteroatoms. The van der Waals surface area contributed by atoms with Crippen LogP contribution in [0.5, 0.6) is 0 Å². The van der Waals surface area contributed by atoms with Gasteiger partial charge in [-0.3, -0.25) is 0 Å². The predicted molar refractivity (Wildman–Crippen MR) is 51.7 cm³/mol. The summed E-state index contributed by atoms with van der Waals surface area (Å²) in [5.74, 6) is 0.478. The monoisotopic (exact) mass is 175 g/mol. The lowest BCUT2D eigenvalue weighted by Crippen LogP contribution is -1.90. The van der Waals surface area contributed by atoms with Crippen molar-refractivity contribution < 1.29 is 0 Å². The summed E-state index contributed by atoms with van der Waals surface area (Å²) >= 11 is 0. The summed E-state index contributed by atoms with van der Waals surface area (Å²) in [7, 11) is 0. The van der Waals surface area contributed by atoms with E-state index in [0.29, 0.717) is 12.4 Å². The molecule has 0 amide bonds. The Morgan fingerprint density at radius 3 is 3.15 bits per heavy atom. The Balaban J connectivity index is 2.63. The molecule has 66 valence electrons. The average Bonchev–Trinajstić information content (AvgIpc) is 2.13. The number of nitrogen functional groups attached to an aromatic ring is 1. The van der Waals surface area contributed by atoms with Crippen molar-refractivity contribution in [2.24, 2.45) is 5.11 Å². The van der Waals surface area contributed by atoms with E-state index < -0.39 is 0 Å². The maximum atomic E-state index is 8.00. The van der Waals surface area contributed by atoms with Crippen molar-refractivity contribution in [3.05, 3.63) is 40.4 Å². The van der Waals surface area contributed by atoms with Crippen LogP contribution in [0.3, 0.4) is 0 Å². The quantitative estimate of drug-likeness (QED) is 0.432. The average molecular weight is 175 g/mol. The molecule has 0 saturated carbocycles. The van der Waals surface area contributed by atoms with Crippen LogP contribution in [0.15, 0.2) is 29.4 Å². The minimum absolute atomic E-state index is 0.326. The third kappa shape index (κ3) is 3.27. The van der Waals surface area contributed by atoms with E-state index >= 15 is 0 Å². The lowest BCUT2D eigenvalue weighted by atomic mass is 10.3. The largest absolute Gasteiger partial charge is 0.384 e. The number of nitrogens with zero attached hydrogens (tertiary/aromatic N) is 4. The van der Waals surface area contributed by atoms with Gasteiger partial charge in [0.2, 0.25) is 0 Å². The summed E-state index contributed by atoms with van der Waals surface area (Å²) in [5.41, 5.74) is 14.2. The van der Waals surface area contributed by atoms with Crippen LogP contribution in [0.25, 0.3) is 16.5 Å². The van der Waals surface area contributed by atoms with Crippen molar-refractivity contribution in [2.75, 3.05) is 12.3 Å². The predicted octanol–water partition coefficient (Wildman–Crippen LogP) is 1.99. The van der Waals surface area contributed by atoms with Gasteiger partial charge in [0.15, 0.2) is 0 Å². The second kappa shape index (κ2) is 4.79. The molecule has 0 spiro atoms. The number of nitrogens with two attached hydrogens (primary N) is 1. The first kappa shape index (κ1) is 9.09. The lowest BCUT2D eigenvalue weighted by molar-refractivity contribution is 1.21. The fourth-order valence-corrected chi connectivity index (χ4v) is 0.819. The third-order valence-electron chi connectivity index (χ3n) is 1.33. The molecule has 5 nitrogen and oxygen atoms in total. The molecule has 0 aliphatic carbocycles. The van der Waals surface area contributed by atoms with Gasteiger partial charge in [0, 0.05) is 11.5 Å². The fraction of sp³-hybridized carbons (Fsp3) is 0.125. The van der Waals surface area contributed by atoms with Crippen LogP contribution in [-0.2, 0) is 0 Å². The smallest absolute Gasteiger partial charge is 0.124 e. The zero-order valence-electron chi connectivity index (χ0n) is 6.96. The van der Waals surface area contributed by atoms with Gasteiger partial charge in [0.05, 0.1) is 5.69 Å². The molecule has 0 aliphatic heterocycles. The van der Waals surface area contributed by atoms with E-state index in [0.717, 1.165) is 5.69 Å². The van der Waals surface area contributed by atoms with E-state index in [1.807, 2.05) is 12.1 Å². The second-order valence-electron chi connectivity index (χ2n) is 2.30. The molecule has 0 saturated heterocycles. The highest BCUT2D eigenvalue weighted by Crippen LogP contribution is 2.01. The molecule has 1 aromatic rings. The maximum absolute atomic E-state index is 8.00. The Morgan fingerprint density at radius 1 is 1.62 bits per heavy atom. The Kier molecular flexibility index (Phi) is 3.35. The van der Waals surface area contributed by atoms with Crippen molar-refractivity contribution >= 4 is 11.9 Å². The number of hydrogen-bond acceptors (Lipinski definition) is 3. The Morgan fingerprint density at radius 2 is 2.46 bits per heavy atom. The van der Waals surface area contributed by atoms with E-state index in [2.05, 4.69) is 15.0 Å². The molecule has 1 rings (SSSR count).